The normalized spacial score (nSPS) is 25.4. The molecule has 4 heteroatoms. The molecule has 1 saturated carbocycles. The number of ether oxygens (including phenoxy) is 2. The number of hydrogen-bond donors (Lipinski definition) is 1. The van der Waals surface area contributed by atoms with Crippen LogP contribution in [-0.2, 0) is 11.3 Å². The highest BCUT2D eigenvalue weighted by Crippen LogP contribution is 2.30. The Morgan fingerprint density at radius 3 is 2.72 bits per heavy atom. The lowest BCUT2D eigenvalue weighted by Gasteiger charge is -2.32. The van der Waals surface area contributed by atoms with Gasteiger partial charge in [0.15, 0.2) is 0 Å². The third-order valence-electron chi connectivity index (χ3n) is 5.79. The molecule has 2 aliphatic heterocycles. The van der Waals surface area contributed by atoms with Crippen LogP contribution in [0.15, 0.2) is 18.2 Å². The number of nitrogens with zero attached hydrogens (tertiary/aromatic N) is 1. The van der Waals surface area contributed by atoms with E-state index in [1.807, 2.05) is 0 Å². The third-order valence-corrected chi connectivity index (χ3v) is 5.79. The molecule has 25 heavy (non-hydrogen) atoms. The van der Waals surface area contributed by atoms with Crippen molar-refractivity contribution in [1.82, 2.24) is 10.2 Å². The van der Waals surface area contributed by atoms with E-state index in [-0.39, 0.29) is 6.10 Å². The van der Waals surface area contributed by atoms with Gasteiger partial charge in [-0.2, -0.15) is 0 Å². The molecule has 1 aromatic rings. The molecular formula is C21H32N2O2. The van der Waals surface area contributed by atoms with Crippen LogP contribution in [0.2, 0.25) is 0 Å². The van der Waals surface area contributed by atoms with E-state index < -0.39 is 0 Å². The zero-order valence-electron chi connectivity index (χ0n) is 15.5. The van der Waals surface area contributed by atoms with E-state index in [2.05, 4.69) is 35.3 Å². The molecule has 2 heterocycles. The number of nitrogens with one attached hydrogen (secondary N) is 1. The van der Waals surface area contributed by atoms with E-state index >= 15 is 0 Å². The summed E-state index contributed by atoms with van der Waals surface area (Å²) in [7, 11) is 0. The van der Waals surface area contributed by atoms with E-state index in [4.69, 9.17) is 9.47 Å². The summed E-state index contributed by atoms with van der Waals surface area (Å²) in [5.74, 6) is 2.05. The number of rotatable bonds is 7. The molecule has 3 fully saturated rings. The van der Waals surface area contributed by atoms with Gasteiger partial charge >= 0.3 is 0 Å². The Labute approximate surface area is 151 Å². The molecule has 0 spiro atoms. The molecule has 0 bridgehead atoms. The zero-order chi connectivity index (χ0) is 17.1. The first kappa shape index (κ1) is 17.3. The Bertz CT molecular complexity index is 559. The molecule has 1 atom stereocenters. The summed E-state index contributed by atoms with van der Waals surface area (Å²) < 4.78 is 11.7. The van der Waals surface area contributed by atoms with Crippen LogP contribution in [0.1, 0.15) is 43.2 Å². The first-order valence-corrected chi connectivity index (χ1v) is 10.1. The molecule has 1 aliphatic carbocycles. The summed E-state index contributed by atoms with van der Waals surface area (Å²) in [5, 5.41) is 3.77. The Morgan fingerprint density at radius 2 is 2.00 bits per heavy atom. The Hall–Kier alpha value is -1.10. The van der Waals surface area contributed by atoms with Crippen molar-refractivity contribution in [2.24, 2.45) is 5.92 Å². The van der Waals surface area contributed by atoms with Crippen LogP contribution >= 0.6 is 0 Å². The van der Waals surface area contributed by atoms with Crippen LogP contribution < -0.4 is 10.1 Å². The van der Waals surface area contributed by atoms with Crippen LogP contribution in [0.5, 0.6) is 5.75 Å². The van der Waals surface area contributed by atoms with Crippen LogP contribution in [0.25, 0.3) is 0 Å². The smallest absolute Gasteiger partial charge is 0.124 e. The van der Waals surface area contributed by atoms with Crippen LogP contribution in [-0.4, -0.2) is 49.9 Å². The van der Waals surface area contributed by atoms with Gasteiger partial charge in [-0.3, -0.25) is 0 Å². The number of likely N-dealkylation sites (tertiary alicyclic amines) is 1. The second kappa shape index (κ2) is 8.07. The Morgan fingerprint density at radius 1 is 1.16 bits per heavy atom. The quantitative estimate of drug-likeness (QED) is 0.824. The second-order valence-corrected chi connectivity index (χ2v) is 8.11. The summed E-state index contributed by atoms with van der Waals surface area (Å²) >= 11 is 0. The van der Waals surface area contributed by atoms with Gasteiger partial charge in [0.05, 0.1) is 13.2 Å². The molecule has 1 aromatic carbocycles. The predicted octanol–water partition coefficient (Wildman–Crippen LogP) is 3.13. The summed E-state index contributed by atoms with van der Waals surface area (Å²) in [6, 6.07) is 7.22. The molecule has 4 nitrogen and oxygen atoms in total. The fourth-order valence-electron chi connectivity index (χ4n) is 3.94. The Kier molecular flexibility index (Phi) is 5.59. The summed E-state index contributed by atoms with van der Waals surface area (Å²) in [6.45, 7) is 8.42. The van der Waals surface area contributed by atoms with Crippen molar-refractivity contribution in [1.29, 1.82) is 0 Å². The van der Waals surface area contributed by atoms with Crippen molar-refractivity contribution in [2.75, 3.05) is 32.8 Å². The van der Waals surface area contributed by atoms with Gasteiger partial charge in [0, 0.05) is 31.1 Å². The highest BCUT2D eigenvalue weighted by atomic mass is 16.5. The lowest BCUT2D eigenvalue weighted by Crippen LogP contribution is -2.42. The molecule has 2 saturated heterocycles. The van der Waals surface area contributed by atoms with E-state index in [0.717, 1.165) is 37.8 Å². The molecular weight excluding hydrogens is 312 g/mol. The largest absolute Gasteiger partial charge is 0.488 e. The van der Waals surface area contributed by atoms with Gasteiger partial charge in [-0.1, -0.05) is 12.1 Å². The fourth-order valence-corrected chi connectivity index (χ4v) is 3.94. The van der Waals surface area contributed by atoms with Crippen molar-refractivity contribution in [3.63, 3.8) is 0 Å². The number of aryl methyl sites for hydroxylation is 1. The standard InChI is InChI=1S/C21H32N2O2/c1-16-2-5-18(21(12-16)25-20-8-11-24-15-20)13-22-19-6-9-23(10-7-19)14-17-3-4-17/h2,5,12,17,19-20,22H,3-4,6-11,13-15H2,1H3/t20-/m0/s1. The maximum Gasteiger partial charge on any atom is 0.124 e. The monoisotopic (exact) mass is 344 g/mol. The molecule has 1 N–H and O–H groups in total. The first-order chi connectivity index (χ1) is 12.3. The number of benzene rings is 1. The van der Waals surface area contributed by atoms with Crippen LogP contribution in [0.4, 0.5) is 0 Å². The first-order valence-electron chi connectivity index (χ1n) is 10.1. The third kappa shape index (κ3) is 4.96. The average molecular weight is 344 g/mol. The minimum atomic E-state index is 0.214. The highest BCUT2D eigenvalue weighted by Gasteiger charge is 2.27. The summed E-state index contributed by atoms with van der Waals surface area (Å²) in [6.07, 6.45) is 6.67. The van der Waals surface area contributed by atoms with E-state index in [1.165, 1.54) is 56.4 Å². The van der Waals surface area contributed by atoms with Gasteiger partial charge in [-0.15, -0.1) is 0 Å². The van der Waals surface area contributed by atoms with Crippen molar-refractivity contribution < 1.29 is 9.47 Å². The lowest BCUT2D eigenvalue weighted by molar-refractivity contribution is 0.140. The summed E-state index contributed by atoms with van der Waals surface area (Å²) in [4.78, 5) is 2.66. The molecule has 0 unspecified atom stereocenters. The molecule has 0 aromatic heterocycles. The van der Waals surface area contributed by atoms with E-state index in [0.29, 0.717) is 6.04 Å². The van der Waals surface area contributed by atoms with Crippen LogP contribution in [0.3, 0.4) is 0 Å². The number of piperidine rings is 1. The average Bonchev–Trinajstić information content (AvgIpc) is 3.28. The fraction of sp³-hybridized carbons (Fsp3) is 0.714. The predicted molar refractivity (Wildman–Crippen MR) is 100 cm³/mol. The molecule has 0 radical (unpaired) electrons. The SMILES string of the molecule is Cc1ccc(CNC2CCN(CC3CC3)CC2)c(O[C@H]2CCOC2)c1. The van der Waals surface area contributed by atoms with Gasteiger partial charge in [-0.05, 0) is 63.2 Å². The van der Waals surface area contributed by atoms with Gasteiger partial charge in [0.1, 0.15) is 11.9 Å². The molecule has 4 rings (SSSR count). The molecule has 3 aliphatic rings. The minimum Gasteiger partial charge on any atom is -0.488 e. The van der Waals surface area contributed by atoms with Gasteiger partial charge in [0.25, 0.3) is 0 Å². The van der Waals surface area contributed by atoms with E-state index in [1.54, 1.807) is 0 Å². The van der Waals surface area contributed by atoms with Crippen molar-refractivity contribution in [3.8, 4) is 5.75 Å². The minimum absolute atomic E-state index is 0.214. The molecule has 0 amide bonds. The highest BCUT2D eigenvalue weighted by molar-refractivity contribution is 5.37. The van der Waals surface area contributed by atoms with E-state index in [9.17, 15) is 0 Å². The lowest BCUT2D eigenvalue weighted by atomic mass is 10.0. The zero-order valence-corrected chi connectivity index (χ0v) is 15.5. The van der Waals surface area contributed by atoms with Crippen molar-refractivity contribution in [2.45, 2.75) is 57.7 Å². The van der Waals surface area contributed by atoms with Gasteiger partial charge < -0.3 is 19.7 Å². The van der Waals surface area contributed by atoms with Crippen molar-refractivity contribution >= 4 is 0 Å². The second-order valence-electron chi connectivity index (χ2n) is 8.11. The Balaban J connectivity index is 1.28. The topological polar surface area (TPSA) is 33.7 Å². The van der Waals surface area contributed by atoms with Gasteiger partial charge in [-0.25, -0.2) is 0 Å². The van der Waals surface area contributed by atoms with Gasteiger partial charge in [0.2, 0.25) is 0 Å². The van der Waals surface area contributed by atoms with Crippen LogP contribution in [0, 0.1) is 12.8 Å². The summed E-state index contributed by atoms with van der Waals surface area (Å²) in [5.41, 5.74) is 2.53. The maximum absolute atomic E-state index is 6.22. The molecule has 138 valence electrons. The number of hydrogen-bond acceptors (Lipinski definition) is 4. The maximum atomic E-state index is 6.22. The van der Waals surface area contributed by atoms with Crippen molar-refractivity contribution in [3.05, 3.63) is 29.3 Å².